The summed E-state index contributed by atoms with van der Waals surface area (Å²) in [5, 5.41) is 4.41. The first-order valence-electron chi connectivity index (χ1n) is 9.66. The second kappa shape index (κ2) is 8.95. The fourth-order valence-corrected chi connectivity index (χ4v) is 4.55. The summed E-state index contributed by atoms with van der Waals surface area (Å²) in [5.41, 5.74) is 0.896. The lowest BCUT2D eigenvalue weighted by molar-refractivity contribution is 0.0531. The molecule has 3 rings (SSSR count). The Labute approximate surface area is 164 Å². The number of rotatable bonds is 7. The zero-order chi connectivity index (χ0) is 19.4. The van der Waals surface area contributed by atoms with E-state index < -0.39 is 0 Å². The van der Waals surface area contributed by atoms with Crippen molar-refractivity contribution < 1.29 is 9.53 Å². The number of anilines is 1. The summed E-state index contributed by atoms with van der Waals surface area (Å²) in [5.74, 6) is 1.24. The minimum Gasteiger partial charge on any atom is -0.462 e. The molecule has 0 atom stereocenters. The molecule has 0 spiro atoms. The van der Waals surface area contributed by atoms with Gasteiger partial charge >= 0.3 is 5.97 Å². The standard InChI is InChI=1S/C19H29N5O2S/c1-5-23-9-11-24(12-10-23)8-7-20-17-15-13(3)16(19(25)26-6-2)27-18(15)22-14(4)21-17/h5-12H2,1-4H3,(H,20,21,22). The number of carbonyl (C=O) groups is 1. The van der Waals surface area contributed by atoms with E-state index in [1.807, 2.05) is 20.8 Å². The van der Waals surface area contributed by atoms with Crippen LogP contribution in [-0.2, 0) is 4.74 Å². The van der Waals surface area contributed by atoms with Crippen LogP contribution in [0, 0.1) is 13.8 Å². The van der Waals surface area contributed by atoms with Crippen LogP contribution in [0.2, 0.25) is 0 Å². The molecule has 1 fully saturated rings. The zero-order valence-electron chi connectivity index (χ0n) is 16.7. The van der Waals surface area contributed by atoms with Crippen molar-refractivity contribution in [2.24, 2.45) is 0 Å². The molecule has 1 aliphatic rings. The number of esters is 1. The zero-order valence-corrected chi connectivity index (χ0v) is 17.5. The van der Waals surface area contributed by atoms with E-state index >= 15 is 0 Å². The van der Waals surface area contributed by atoms with Gasteiger partial charge < -0.3 is 15.0 Å². The Morgan fingerprint density at radius 1 is 1.15 bits per heavy atom. The fraction of sp³-hybridized carbons (Fsp3) is 0.632. The third-order valence-corrected chi connectivity index (χ3v) is 6.16. The number of hydrogen-bond acceptors (Lipinski definition) is 8. The summed E-state index contributed by atoms with van der Waals surface area (Å²) >= 11 is 1.38. The largest absolute Gasteiger partial charge is 0.462 e. The number of aryl methyl sites for hydroxylation is 2. The summed E-state index contributed by atoms with van der Waals surface area (Å²) < 4.78 is 5.18. The van der Waals surface area contributed by atoms with Crippen LogP contribution in [0.5, 0.6) is 0 Å². The highest BCUT2D eigenvalue weighted by Crippen LogP contribution is 2.34. The van der Waals surface area contributed by atoms with Gasteiger partial charge in [0.2, 0.25) is 0 Å². The average molecular weight is 392 g/mol. The lowest BCUT2D eigenvalue weighted by Crippen LogP contribution is -2.47. The van der Waals surface area contributed by atoms with Gasteiger partial charge in [-0.15, -0.1) is 11.3 Å². The summed E-state index contributed by atoms with van der Waals surface area (Å²) in [6.45, 7) is 15.7. The number of hydrogen-bond donors (Lipinski definition) is 1. The maximum absolute atomic E-state index is 12.2. The number of carbonyl (C=O) groups excluding carboxylic acids is 1. The third kappa shape index (κ3) is 4.56. The highest BCUT2D eigenvalue weighted by molar-refractivity contribution is 7.20. The van der Waals surface area contributed by atoms with E-state index in [9.17, 15) is 4.79 Å². The van der Waals surface area contributed by atoms with Crippen LogP contribution in [0.15, 0.2) is 0 Å². The maximum Gasteiger partial charge on any atom is 0.348 e. The minimum absolute atomic E-state index is 0.282. The van der Waals surface area contributed by atoms with Gasteiger partial charge in [-0.3, -0.25) is 4.90 Å². The molecule has 0 bridgehead atoms. The first-order chi connectivity index (χ1) is 13.0. The number of nitrogens with zero attached hydrogens (tertiary/aromatic N) is 4. The van der Waals surface area contributed by atoms with Crippen molar-refractivity contribution in [3.8, 4) is 0 Å². The lowest BCUT2D eigenvalue weighted by Gasteiger charge is -2.34. The smallest absolute Gasteiger partial charge is 0.348 e. The van der Waals surface area contributed by atoms with E-state index in [0.29, 0.717) is 17.3 Å². The Hall–Kier alpha value is -1.77. The van der Waals surface area contributed by atoms with Crippen molar-refractivity contribution in [3.63, 3.8) is 0 Å². The monoisotopic (exact) mass is 391 g/mol. The Morgan fingerprint density at radius 2 is 1.85 bits per heavy atom. The van der Waals surface area contributed by atoms with Crippen LogP contribution in [-0.4, -0.2) is 78.2 Å². The molecule has 0 unspecified atom stereocenters. The van der Waals surface area contributed by atoms with Crippen LogP contribution in [0.4, 0.5) is 5.82 Å². The Bertz CT molecular complexity index is 799. The van der Waals surface area contributed by atoms with Gasteiger partial charge in [0.25, 0.3) is 0 Å². The molecule has 7 nitrogen and oxygen atoms in total. The molecule has 1 N–H and O–H groups in total. The summed E-state index contributed by atoms with van der Waals surface area (Å²) in [4.78, 5) is 27.7. The van der Waals surface area contributed by atoms with Crippen molar-refractivity contribution in [3.05, 3.63) is 16.3 Å². The molecular formula is C19H29N5O2S. The van der Waals surface area contributed by atoms with E-state index in [4.69, 9.17) is 4.74 Å². The van der Waals surface area contributed by atoms with Gasteiger partial charge in [0.15, 0.2) is 0 Å². The van der Waals surface area contributed by atoms with Crippen molar-refractivity contribution in [1.29, 1.82) is 0 Å². The SMILES string of the molecule is CCOC(=O)c1sc2nc(C)nc(NCCN3CCN(CC)CC3)c2c1C. The molecule has 0 aromatic carbocycles. The summed E-state index contributed by atoms with van der Waals surface area (Å²) in [6, 6.07) is 0. The van der Waals surface area contributed by atoms with Gasteiger partial charge in [0, 0.05) is 39.3 Å². The molecule has 27 heavy (non-hydrogen) atoms. The van der Waals surface area contributed by atoms with Gasteiger partial charge in [-0.1, -0.05) is 6.92 Å². The molecule has 0 radical (unpaired) electrons. The van der Waals surface area contributed by atoms with Crippen LogP contribution < -0.4 is 5.32 Å². The van der Waals surface area contributed by atoms with E-state index in [2.05, 4.69) is 32.0 Å². The molecule has 0 amide bonds. The Kier molecular flexibility index (Phi) is 6.62. The van der Waals surface area contributed by atoms with Crippen LogP contribution in [0.1, 0.15) is 34.9 Å². The third-order valence-electron chi connectivity index (χ3n) is 5.00. The first-order valence-corrected chi connectivity index (χ1v) is 10.5. The summed E-state index contributed by atoms with van der Waals surface area (Å²) in [7, 11) is 0. The highest BCUT2D eigenvalue weighted by atomic mass is 32.1. The number of nitrogens with one attached hydrogen (secondary N) is 1. The number of likely N-dealkylation sites (N-methyl/N-ethyl adjacent to an activating group) is 1. The molecule has 2 aromatic heterocycles. The quantitative estimate of drug-likeness (QED) is 0.727. The average Bonchev–Trinajstić information content (AvgIpc) is 2.99. The molecule has 8 heteroatoms. The predicted molar refractivity (Wildman–Crippen MR) is 110 cm³/mol. The number of ether oxygens (including phenoxy) is 1. The molecular weight excluding hydrogens is 362 g/mol. The number of piperazine rings is 1. The molecule has 0 aliphatic carbocycles. The van der Waals surface area contributed by atoms with Crippen LogP contribution in [0.25, 0.3) is 10.2 Å². The molecule has 3 heterocycles. The van der Waals surface area contributed by atoms with E-state index in [-0.39, 0.29) is 5.97 Å². The second-order valence-electron chi connectivity index (χ2n) is 6.78. The second-order valence-corrected chi connectivity index (χ2v) is 7.78. The van der Waals surface area contributed by atoms with E-state index in [1.54, 1.807) is 0 Å². The van der Waals surface area contributed by atoms with Gasteiger partial charge in [0.05, 0.1) is 12.0 Å². The van der Waals surface area contributed by atoms with Gasteiger partial charge in [0.1, 0.15) is 21.3 Å². The van der Waals surface area contributed by atoms with Crippen molar-refractivity contribution >= 4 is 33.3 Å². The predicted octanol–water partition coefficient (Wildman–Crippen LogP) is 2.53. The van der Waals surface area contributed by atoms with E-state index in [1.165, 1.54) is 11.3 Å². The molecule has 1 aliphatic heterocycles. The van der Waals surface area contributed by atoms with Crippen molar-refractivity contribution in [1.82, 2.24) is 19.8 Å². The van der Waals surface area contributed by atoms with Crippen molar-refractivity contribution in [2.75, 3.05) is 57.7 Å². The van der Waals surface area contributed by atoms with E-state index in [0.717, 1.165) is 67.4 Å². The highest BCUT2D eigenvalue weighted by Gasteiger charge is 2.21. The van der Waals surface area contributed by atoms with Gasteiger partial charge in [-0.25, -0.2) is 14.8 Å². The Morgan fingerprint density at radius 3 is 2.52 bits per heavy atom. The van der Waals surface area contributed by atoms with Crippen LogP contribution in [0.3, 0.4) is 0 Å². The molecule has 1 saturated heterocycles. The normalized spacial score (nSPS) is 16.0. The topological polar surface area (TPSA) is 70.6 Å². The Balaban J connectivity index is 1.71. The minimum atomic E-state index is -0.282. The molecule has 148 valence electrons. The van der Waals surface area contributed by atoms with Crippen molar-refractivity contribution in [2.45, 2.75) is 27.7 Å². The molecule has 0 saturated carbocycles. The molecule has 2 aromatic rings. The lowest BCUT2D eigenvalue weighted by atomic mass is 10.2. The summed E-state index contributed by atoms with van der Waals surface area (Å²) in [6.07, 6.45) is 0. The van der Waals surface area contributed by atoms with Gasteiger partial charge in [-0.05, 0) is 32.9 Å². The fourth-order valence-electron chi connectivity index (χ4n) is 3.43. The van der Waals surface area contributed by atoms with Gasteiger partial charge in [-0.2, -0.15) is 0 Å². The maximum atomic E-state index is 12.2. The van der Waals surface area contributed by atoms with Crippen LogP contribution >= 0.6 is 11.3 Å². The number of aromatic nitrogens is 2. The first kappa shape index (κ1) is 20.0. The number of thiophene rings is 1. The number of fused-ring (bicyclic) bond motifs is 1.